The third-order valence-corrected chi connectivity index (χ3v) is 8.19. The van der Waals surface area contributed by atoms with Gasteiger partial charge < -0.3 is 25.5 Å². The van der Waals surface area contributed by atoms with Crippen molar-refractivity contribution in [2.24, 2.45) is 0 Å². The molecule has 2 aromatic rings. The van der Waals surface area contributed by atoms with Crippen molar-refractivity contribution in [3.05, 3.63) is 35.2 Å². The van der Waals surface area contributed by atoms with E-state index < -0.39 is 0 Å². The molecule has 0 atom stereocenters. The van der Waals surface area contributed by atoms with Crippen molar-refractivity contribution in [2.75, 3.05) is 63.3 Å². The number of anilines is 1. The van der Waals surface area contributed by atoms with Crippen molar-refractivity contribution in [3.63, 3.8) is 0 Å². The van der Waals surface area contributed by atoms with Gasteiger partial charge in [-0.15, -0.1) is 11.3 Å². The quantitative estimate of drug-likeness (QED) is 0.288. The summed E-state index contributed by atoms with van der Waals surface area (Å²) in [7, 11) is 2.16. The van der Waals surface area contributed by atoms with Crippen molar-refractivity contribution in [1.82, 2.24) is 20.5 Å². The van der Waals surface area contributed by atoms with Gasteiger partial charge in [0.25, 0.3) is 5.91 Å². The smallest absolute Gasteiger partial charge is 0.251 e. The van der Waals surface area contributed by atoms with E-state index in [-0.39, 0.29) is 18.1 Å². The lowest BCUT2D eigenvalue weighted by atomic mass is 9.83. The number of carbonyl (C=O) groups is 2. The molecule has 1 saturated heterocycles. The number of hydrogen-bond donors (Lipinski definition) is 3. The fourth-order valence-electron chi connectivity index (χ4n) is 4.26. The number of carbonyl (C=O) groups excluding carboxylic acids is 2. The number of hydrogen-bond acceptors (Lipinski definition) is 8. The maximum Gasteiger partial charge on any atom is 0.251 e. The summed E-state index contributed by atoms with van der Waals surface area (Å²) in [6, 6.07) is 7.87. The molecule has 40 heavy (non-hydrogen) atoms. The van der Waals surface area contributed by atoms with Gasteiger partial charge in [0.15, 0.2) is 5.13 Å². The number of aliphatic hydroxyl groups is 1. The van der Waals surface area contributed by atoms with E-state index in [1.54, 1.807) is 11.3 Å². The number of thiazole rings is 1. The van der Waals surface area contributed by atoms with E-state index in [4.69, 9.17) is 10.1 Å². The molecule has 1 saturated carbocycles. The first-order valence-corrected chi connectivity index (χ1v) is 16.7. The summed E-state index contributed by atoms with van der Waals surface area (Å²) in [5.41, 5.74) is 2.73. The average molecular weight is 594 g/mol. The maximum absolute atomic E-state index is 12.7. The van der Waals surface area contributed by atoms with E-state index >= 15 is 0 Å². The normalized spacial score (nSPS) is 16.1. The van der Waals surface area contributed by atoms with Crippen LogP contribution in [0.2, 0.25) is 0 Å². The van der Waals surface area contributed by atoms with Gasteiger partial charge in [-0.25, -0.2) is 4.98 Å². The summed E-state index contributed by atoms with van der Waals surface area (Å²) in [4.78, 5) is 31.6. The number of likely N-dealkylation sites (N-methyl/N-ethyl adjacent to an activating group) is 1. The Hall–Kier alpha value is -2.14. The molecule has 1 aliphatic heterocycles. The highest BCUT2D eigenvalue weighted by atomic mass is 32.2. The van der Waals surface area contributed by atoms with Gasteiger partial charge in [0.2, 0.25) is 6.41 Å². The summed E-state index contributed by atoms with van der Waals surface area (Å²) in [6.45, 7) is 12.9. The van der Waals surface area contributed by atoms with Gasteiger partial charge in [0.05, 0.1) is 12.3 Å². The Morgan fingerprint density at radius 2 is 1.73 bits per heavy atom. The zero-order valence-corrected chi connectivity index (χ0v) is 27.0. The predicted molar refractivity (Wildman–Crippen MR) is 173 cm³/mol. The van der Waals surface area contributed by atoms with Gasteiger partial charge in [-0.2, -0.15) is 11.8 Å². The summed E-state index contributed by atoms with van der Waals surface area (Å²) >= 11 is 3.56. The molecule has 0 radical (unpaired) electrons. The van der Waals surface area contributed by atoms with E-state index in [1.165, 1.54) is 25.0 Å². The molecule has 226 valence electrons. The van der Waals surface area contributed by atoms with Crippen molar-refractivity contribution >= 4 is 40.5 Å². The average Bonchev–Trinajstić information content (AvgIpc) is 3.48. The SMILES string of the molecule is CC.CCSC.CN1CCN(c2nc(-c3ccc(C(=O)NC4(C)CCCCC4)cc3)cs2)CC1.O=CNCCO. The van der Waals surface area contributed by atoms with E-state index in [0.29, 0.717) is 13.0 Å². The number of rotatable bonds is 8. The van der Waals surface area contributed by atoms with Crippen molar-refractivity contribution in [2.45, 2.75) is 65.3 Å². The lowest BCUT2D eigenvalue weighted by molar-refractivity contribution is -0.109. The van der Waals surface area contributed by atoms with Crippen molar-refractivity contribution in [3.8, 4) is 11.3 Å². The number of amides is 2. The Balaban J connectivity index is 0.000000568. The molecule has 8 nitrogen and oxygen atoms in total. The second-order valence-corrected chi connectivity index (χ2v) is 11.8. The molecule has 4 rings (SSSR count). The monoisotopic (exact) mass is 593 g/mol. The summed E-state index contributed by atoms with van der Waals surface area (Å²) in [5.74, 6) is 1.27. The van der Waals surface area contributed by atoms with Gasteiger partial charge >= 0.3 is 0 Å². The molecule has 2 fully saturated rings. The fraction of sp³-hybridized carbons (Fsp3) is 0.633. The van der Waals surface area contributed by atoms with Crippen LogP contribution in [0.4, 0.5) is 5.13 Å². The van der Waals surface area contributed by atoms with E-state index in [9.17, 15) is 9.59 Å². The van der Waals surface area contributed by atoms with Gasteiger partial charge in [-0.05, 0) is 51.0 Å². The molecule has 3 N–H and O–H groups in total. The fourth-order valence-corrected chi connectivity index (χ4v) is 5.15. The molecule has 2 aliphatic rings. The number of thioether (sulfide) groups is 1. The predicted octanol–water partition coefficient (Wildman–Crippen LogP) is 5.13. The third-order valence-electron chi connectivity index (χ3n) is 6.71. The molecule has 1 aromatic carbocycles. The topological polar surface area (TPSA) is 97.8 Å². The Morgan fingerprint density at radius 1 is 1.12 bits per heavy atom. The first kappa shape index (κ1) is 35.9. The summed E-state index contributed by atoms with van der Waals surface area (Å²) in [5, 5.41) is 16.7. The maximum atomic E-state index is 12.7. The van der Waals surface area contributed by atoms with Crippen LogP contribution >= 0.6 is 23.1 Å². The molecule has 1 aromatic heterocycles. The van der Waals surface area contributed by atoms with E-state index in [2.05, 4.69) is 53.0 Å². The second-order valence-electron chi connectivity index (χ2n) is 9.83. The lowest BCUT2D eigenvalue weighted by Crippen LogP contribution is -2.47. The van der Waals surface area contributed by atoms with Crippen LogP contribution in [-0.2, 0) is 4.79 Å². The molecule has 0 spiro atoms. The van der Waals surface area contributed by atoms with Crippen molar-refractivity contribution in [1.29, 1.82) is 0 Å². The Morgan fingerprint density at radius 3 is 2.23 bits per heavy atom. The number of aromatic nitrogens is 1. The highest BCUT2D eigenvalue weighted by molar-refractivity contribution is 7.98. The van der Waals surface area contributed by atoms with Gasteiger partial charge in [-0.3, -0.25) is 9.59 Å². The van der Waals surface area contributed by atoms with E-state index in [1.807, 2.05) is 49.9 Å². The molecular weight excluding hydrogens is 542 g/mol. The van der Waals surface area contributed by atoms with Gasteiger partial charge in [-0.1, -0.05) is 52.2 Å². The third kappa shape index (κ3) is 13.0. The lowest BCUT2D eigenvalue weighted by Gasteiger charge is -2.34. The largest absolute Gasteiger partial charge is 0.395 e. The van der Waals surface area contributed by atoms with E-state index in [0.717, 1.165) is 61.0 Å². The first-order valence-electron chi connectivity index (χ1n) is 14.4. The summed E-state index contributed by atoms with van der Waals surface area (Å²) in [6.07, 6.45) is 8.49. The molecular formula is C30H51N5O3S2. The zero-order valence-electron chi connectivity index (χ0n) is 25.4. The van der Waals surface area contributed by atoms with Gasteiger partial charge in [0, 0.05) is 54.8 Å². The molecule has 0 bridgehead atoms. The molecule has 1 aliphatic carbocycles. The van der Waals surface area contributed by atoms with Crippen molar-refractivity contribution < 1.29 is 14.7 Å². The minimum atomic E-state index is -0.0552. The number of benzene rings is 1. The number of aliphatic hydroxyl groups excluding tert-OH is 1. The standard InChI is InChI=1S/C22H30N4OS.C3H7NO2.C3H8S.C2H6/c1-22(10-4-3-5-11-22)24-20(27)18-8-6-17(7-9-18)19-16-28-21(23-19)26-14-12-25(2)13-15-26;5-2-1-4-3-6;1-3-4-2;1-2/h6-9,16H,3-5,10-15H2,1-2H3,(H,24,27);3,5H,1-2H2,(H,4,6);3H2,1-2H3;1-2H3. The minimum Gasteiger partial charge on any atom is -0.395 e. The number of nitrogens with one attached hydrogen (secondary N) is 2. The Kier molecular flexibility index (Phi) is 18.6. The van der Waals surface area contributed by atoms with Crippen LogP contribution in [0.25, 0.3) is 11.3 Å². The molecule has 2 amide bonds. The van der Waals surface area contributed by atoms with Crippen LogP contribution in [0, 0.1) is 0 Å². The van der Waals surface area contributed by atoms with Crippen LogP contribution in [0.1, 0.15) is 70.2 Å². The zero-order chi connectivity index (χ0) is 29.8. The summed E-state index contributed by atoms with van der Waals surface area (Å²) < 4.78 is 0. The molecule has 0 unspecified atom stereocenters. The number of piperazine rings is 1. The highest BCUT2D eigenvalue weighted by Gasteiger charge is 2.28. The second kappa shape index (κ2) is 20.7. The van der Waals surface area contributed by atoms with Crippen LogP contribution in [-0.4, -0.2) is 91.2 Å². The van der Waals surface area contributed by atoms with Crippen LogP contribution in [0.5, 0.6) is 0 Å². The van der Waals surface area contributed by atoms with Crippen LogP contribution in [0.3, 0.4) is 0 Å². The molecule has 10 heteroatoms. The molecule has 2 heterocycles. The first-order chi connectivity index (χ1) is 19.4. The van der Waals surface area contributed by atoms with Crippen LogP contribution in [0.15, 0.2) is 29.6 Å². The minimum absolute atomic E-state index is 0.0126. The number of nitrogens with zero attached hydrogens (tertiary/aromatic N) is 3. The highest BCUT2D eigenvalue weighted by Crippen LogP contribution is 2.30. The Labute approximate surface area is 250 Å². The van der Waals surface area contributed by atoms with Gasteiger partial charge in [0.1, 0.15) is 0 Å². The van der Waals surface area contributed by atoms with Crippen LogP contribution < -0.4 is 15.5 Å². The Bertz CT molecular complexity index is 939.